The molecule has 0 bridgehead atoms. The summed E-state index contributed by atoms with van der Waals surface area (Å²) in [6, 6.07) is 0.477. The molecule has 114 valence electrons. The molecular formula is C13H20F3N3O. The highest BCUT2D eigenvalue weighted by atomic mass is 19.4. The summed E-state index contributed by atoms with van der Waals surface area (Å²) in [7, 11) is 0. The molecule has 0 aliphatic rings. The monoisotopic (exact) mass is 291 g/mol. The highest BCUT2D eigenvalue weighted by Gasteiger charge is 2.26. The fourth-order valence-electron chi connectivity index (χ4n) is 1.46. The average Bonchev–Trinajstić information content (AvgIpc) is 2.32. The lowest BCUT2D eigenvalue weighted by Crippen LogP contribution is -2.22. The van der Waals surface area contributed by atoms with Crippen molar-refractivity contribution in [2.24, 2.45) is 0 Å². The van der Waals surface area contributed by atoms with Crippen molar-refractivity contribution in [3.8, 4) is 6.01 Å². The third-order valence-electron chi connectivity index (χ3n) is 2.60. The molecule has 0 atom stereocenters. The number of aromatic nitrogens is 2. The molecule has 1 N–H and O–H groups in total. The van der Waals surface area contributed by atoms with Gasteiger partial charge in [0.25, 0.3) is 0 Å². The van der Waals surface area contributed by atoms with Crippen LogP contribution in [-0.2, 0) is 6.54 Å². The minimum absolute atomic E-state index is 0.0391. The molecule has 0 radical (unpaired) electrons. The van der Waals surface area contributed by atoms with Crippen molar-refractivity contribution in [3.63, 3.8) is 0 Å². The van der Waals surface area contributed by atoms with Crippen LogP contribution in [0.4, 0.5) is 13.2 Å². The van der Waals surface area contributed by atoms with Crippen LogP contribution in [-0.4, -0.2) is 28.8 Å². The van der Waals surface area contributed by atoms with Gasteiger partial charge in [0.1, 0.15) is 0 Å². The molecule has 4 nitrogen and oxygen atoms in total. The summed E-state index contributed by atoms with van der Waals surface area (Å²) >= 11 is 0. The van der Waals surface area contributed by atoms with Gasteiger partial charge in [0, 0.05) is 36.5 Å². The molecule has 7 heteroatoms. The van der Waals surface area contributed by atoms with E-state index in [0.717, 1.165) is 11.3 Å². The number of hydrogen-bond donors (Lipinski definition) is 1. The number of ether oxygens (including phenoxy) is 1. The maximum atomic E-state index is 12.0. The highest BCUT2D eigenvalue weighted by Crippen LogP contribution is 2.21. The van der Waals surface area contributed by atoms with E-state index >= 15 is 0 Å². The summed E-state index contributed by atoms with van der Waals surface area (Å²) in [6.45, 7) is 6.50. The van der Waals surface area contributed by atoms with Crippen molar-refractivity contribution in [1.82, 2.24) is 15.3 Å². The smallest absolute Gasteiger partial charge is 0.389 e. The Kier molecular flexibility index (Phi) is 6.19. The van der Waals surface area contributed by atoms with E-state index in [9.17, 15) is 13.2 Å². The summed E-state index contributed by atoms with van der Waals surface area (Å²) in [4.78, 5) is 8.13. The van der Waals surface area contributed by atoms with Crippen LogP contribution in [0.25, 0.3) is 0 Å². The Balaban J connectivity index is 2.43. The second-order valence-electron chi connectivity index (χ2n) is 4.87. The van der Waals surface area contributed by atoms with E-state index in [4.69, 9.17) is 4.74 Å². The van der Waals surface area contributed by atoms with Gasteiger partial charge in [0.15, 0.2) is 0 Å². The molecule has 0 amide bonds. The van der Waals surface area contributed by atoms with Gasteiger partial charge in [0.2, 0.25) is 0 Å². The topological polar surface area (TPSA) is 47.0 Å². The fourth-order valence-corrected chi connectivity index (χ4v) is 1.46. The van der Waals surface area contributed by atoms with Gasteiger partial charge in [-0.05, 0) is 13.3 Å². The minimum atomic E-state index is -4.15. The predicted molar refractivity (Wildman–Crippen MR) is 69.5 cm³/mol. The third-order valence-corrected chi connectivity index (χ3v) is 2.60. The Morgan fingerprint density at radius 2 is 2.05 bits per heavy atom. The van der Waals surface area contributed by atoms with Crippen LogP contribution in [0, 0.1) is 6.92 Å². The van der Waals surface area contributed by atoms with Gasteiger partial charge < -0.3 is 10.1 Å². The van der Waals surface area contributed by atoms with Crippen molar-refractivity contribution in [2.45, 2.75) is 52.4 Å². The zero-order chi connectivity index (χ0) is 15.2. The van der Waals surface area contributed by atoms with E-state index in [1.807, 2.05) is 20.8 Å². The van der Waals surface area contributed by atoms with E-state index in [1.54, 1.807) is 6.20 Å². The standard InChI is InChI=1S/C13H20F3N3O/c1-9(2)17-7-11-8-18-12(19-10(11)3)20-6-4-5-13(14,15)16/h8-9,17H,4-7H2,1-3H3. The summed E-state index contributed by atoms with van der Waals surface area (Å²) in [5.74, 6) is 0. The number of nitrogens with one attached hydrogen (secondary N) is 1. The number of rotatable bonds is 7. The Labute approximate surface area is 116 Å². The van der Waals surface area contributed by atoms with Crippen LogP contribution in [0.3, 0.4) is 0 Å². The van der Waals surface area contributed by atoms with Gasteiger partial charge in [-0.3, -0.25) is 0 Å². The first kappa shape index (κ1) is 16.7. The summed E-state index contributed by atoms with van der Waals surface area (Å²) in [6.07, 6.45) is -3.46. The number of hydrogen-bond acceptors (Lipinski definition) is 4. The van der Waals surface area contributed by atoms with Gasteiger partial charge in [-0.2, -0.15) is 13.2 Å². The highest BCUT2D eigenvalue weighted by molar-refractivity contribution is 5.17. The molecule has 0 saturated heterocycles. The lowest BCUT2D eigenvalue weighted by molar-refractivity contribution is -0.136. The SMILES string of the molecule is Cc1nc(OCCCC(F)(F)F)ncc1CNC(C)C. The Bertz CT molecular complexity index is 422. The first-order valence-corrected chi connectivity index (χ1v) is 6.53. The number of halogens is 3. The van der Waals surface area contributed by atoms with E-state index in [1.165, 1.54) is 0 Å². The van der Waals surface area contributed by atoms with E-state index in [2.05, 4.69) is 15.3 Å². The molecule has 0 spiro atoms. The van der Waals surface area contributed by atoms with Crippen LogP contribution >= 0.6 is 0 Å². The van der Waals surface area contributed by atoms with Crippen molar-refractivity contribution in [1.29, 1.82) is 0 Å². The van der Waals surface area contributed by atoms with Crippen molar-refractivity contribution >= 4 is 0 Å². The quantitative estimate of drug-likeness (QED) is 0.785. The Morgan fingerprint density at radius 1 is 1.35 bits per heavy atom. The number of alkyl halides is 3. The molecule has 20 heavy (non-hydrogen) atoms. The van der Waals surface area contributed by atoms with Gasteiger partial charge in [-0.1, -0.05) is 13.8 Å². The molecule has 0 aliphatic carbocycles. The van der Waals surface area contributed by atoms with E-state index < -0.39 is 12.6 Å². The zero-order valence-electron chi connectivity index (χ0n) is 11.9. The molecule has 0 aromatic carbocycles. The fraction of sp³-hybridized carbons (Fsp3) is 0.692. The van der Waals surface area contributed by atoms with Gasteiger partial charge in [0.05, 0.1) is 6.61 Å². The zero-order valence-corrected chi connectivity index (χ0v) is 11.9. The minimum Gasteiger partial charge on any atom is -0.463 e. The maximum Gasteiger partial charge on any atom is 0.389 e. The normalized spacial score (nSPS) is 11.9. The van der Waals surface area contributed by atoms with Crippen molar-refractivity contribution < 1.29 is 17.9 Å². The Hall–Kier alpha value is -1.37. The lowest BCUT2D eigenvalue weighted by atomic mass is 10.2. The summed E-state index contributed by atoms with van der Waals surface area (Å²) in [5, 5.41) is 3.25. The van der Waals surface area contributed by atoms with Crippen molar-refractivity contribution in [2.75, 3.05) is 6.61 Å². The summed E-state index contributed by atoms with van der Waals surface area (Å²) in [5.41, 5.74) is 1.71. The van der Waals surface area contributed by atoms with Crippen LogP contribution in [0.5, 0.6) is 6.01 Å². The van der Waals surface area contributed by atoms with Crippen LogP contribution in [0.1, 0.15) is 37.9 Å². The molecule has 0 aliphatic heterocycles. The first-order valence-electron chi connectivity index (χ1n) is 6.53. The molecule has 0 unspecified atom stereocenters. The number of aryl methyl sites for hydroxylation is 1. The molecule has 1 aromatic heterocycles. The Morgan fingerprint density at radius 3 is 2.60 bits per heavy atom. The molecule has 1 aromatic rings. The maximum absolute atomic E-state index is 12.0. The van der Waals surface area contributed by atoms with Crippen LogP contribution < -0.4 is 10.1 Å². The largest absolute Gasteiger partial charge is 0.463 e. The van der Waals surface area contributed by atoms with Gasteiger partial charge in [-0.15, -0.1) is 0 Å². The van der Waals surface area contributed by atoms with Gasteiger partial charge in [-0.25, -0.2) is 9.97 Å². The molecule has 0 saturated carbocycles. The number of nitrogens with zero attached hydrogens (tertiary/aromatic N) is 2. The van der Waals surface area contributed by atoms with Crippen LogP contribution in [0.15, 0.2) is 6.20 Å². The van der Waals surface area contributed by atoms with Crippen LogP contribution in [0.2, 0.25) is 0 Å². The first-order chi connectivity index (χ1) is 9.28. The van der Waals surface area contributed by atoms with E-state index in [0.29, 0.717) is 12.6 Å². The van der Waals surface area contributed by atoms with E-state index in [-0.39, 0.29) is 19.0 Å². The van der Waals surface area contributed by atoms with Crippen molar-refractivity contribution in [3.05, 3.63) is 17.5 Å². The lowest BCUT2D eigenvalue weighted by Gasteiger charge is -2.11. The average molecular weight is 291 g/mol. The summed E-state index contributed by atoms with van der Waals surface area (Å²) < 4.78 is 41.0. The molecule has 1 rings (SSSR count). The third kappa shape index (κ3) is 6.70. The second-order valence-corrected chi connectivity index (χ2v) is 4.87. The predicted octanol–water partition coefficient (Wildman–Crippen LogP) is 3.00. The molecule has 1 heterocycles. The second kappa shape index (κ2) is 7.42. The molecular weight excluding hydrogens is 271 g/mol. The van der Waals surface area contributed by atoms with Gasteiger partial charge >= 0.3 is 12.2 Å². The molecule has 0 fully saturated rings.